The van der Waals surface area contributed by atoms with Gasteiger partial charge < -0.3 is 19.3 Å². The van der Waals surface area contributed by atoms with Crippen molar-refractivity contribution in [1.82, 2.24) is 4.90 Å². The highest BCUT2D eigenvalue weighted by Gasteiger charge is 2.25. The topological polar surface area (TPSA) is 59.1 Å². The summed E-state index contributed by atoms with van der Waals surface area (Å²) in [6, 6.07) is 7.69. The maximum atomic E-state index is 12.1. The van der Waals surface area contributed by atoms with Crippen molar-refractivity contribution in [1.29, 1.82) is 0 Å². The number of hydrogen-bond donors (Lipinski definition) is 0. The molecule has 1 aromatic rings. The lowest BCUT2D eigenvalue weighted by molar-refractivity contribution is -0.136. The summed E-state index contributed by atoms with van der Waals surface area (Å²) < 4.78 is 10.2. The van der Waals surface area contributed by atoms with Gasteiger partial charge >= 0.3 is 12.1 Å². The Hall–Kier alpha value is -2.68. The molecule has 1 aliphatic heterocycles. The minimum Gasteiger partial charge on any atom is -0.456 e. The van der Waals surface area contributed by atoms with Gasteiger partial charge in [-0.1, -0.05) is 5.92 Å². The van der Waals surface area contributed by atoms with Gasteiger partial charge in [-0.2, -0.15) is 0 Å². The number of ether oxygens (including phenoxy) is 2. The molecule has 1 aromatic carbocycles. The van der Waals surface area contributed by atoms with E-state index in [0.717, 1.165) is 24.3 Å². The Morgan fingerprint density at radius 3 is 2.23 bits per heavy atom. The maximum Gasteiger partial charge on any atom is 0.410 e. The number of anilines is 1. The van der Waals surface area contributed by atoms with E-state index in [1.807, 2.05) is 45.0 Å². The first-order chi connectivity index (χ1) is 12.3. The van der Waals surface area contributed by atoms with E-state index < -0.39 is 11.6 Å². The van der Waals surface area contributed by atoms with Crippen molar-refractivity contribution in [3.63, 3.8) is 0 Å². The van der Waals surface area contributed by atoms with Crippen molar-refractivity contribution in [2.24, 2.45) is 0 Å². The fourth-order valence-electron chi connectivity index (χ4n) is 2.52. The molecule has 140 valence electrons. The van der Waals surface area contributed by atoms with Crippen molar-refractivity contribution in [3.8, 4) is 11.8 Å². The van der Waals surface area contributed by atoms with E-state index in [1.54, 1.807) is 11.8 Å². The second-order valence-corrected chi connectivity index (χ2v) is 6.97. The third-order valence-corrected chi connectivity index (χ3v) is 3.75. The minimum atomic E-state index is -0.519. The van der Waals surface area contributed by atoms with Gasteiger partial charge in [-0.25, -0.2) is 9.59 Å². The standard InChI is InChI=1S/C20H26N2O4/c1-5-25-18(23)11-8-16-6-9-17(10-7-16)21-12-14-22(15-13-21)19(24)26-20(2,3)4/h6-7,9-10H,5,12-15H2,1-4H3. The van der Waals surface area contributed by atoms with Gasteiger partial charge in [0.25, 0.3) is 0 Å². The van der Waals surface area contributed by atoms with E-state index >= 15 is 0 Å². The van der Waals surface area contributed by atoms with E-state index in [1.165, 1.54) is 0 Å². The van der Waals surface area contributed by atoms with Gasteiger partial charge in [-0.05, 0) is 52.0 Å². The highest BCUT2D eigenvalue weighted by Crippen LogP contribution is 2.18. The molecule has 2 rings (SSSR count). The van der Waals surface area contributed by atoms with Gasteiger partial charge in [-0.3, -0.25) is 0 Å². The van der Waals surface area contributed by atoms with Gasteiger partial charge in [0.05, 0.1) is 6.61 Å². The molecule has 1 heterocycles. The van der Waals surface area contributed by atoms with Crippen molar-refractivity contribution in [2.75, 3.05) is 37.7 Å². The van der Waals surface area contributed by atoms with Crippen LogP contribution in [-0.4, -0.2) is 55.3 Å². The van der Waals surface area contributed by atoms with E-state index in [-0.39, 0.29) is 6.09 Å². The Bertz CT molecular complexity index is 687. The summed E-state index contributed by atoms with van der Waals surface area (Å²) in [4.78, 5) is 27.3. The summed E-state index contributed by atoms with van der Waals surface area (Å²) in [6.45, 7) is 10.4. The number of rotatable bonds is 2. The van der Waals surface area contributed by atoms with Crippen molar-refractivity contribution in [2.45, 2.75) is 33.3 Å². The van der Waals surface area contributed by atoms with Crippen LogP contribution in [0, 0.1) is 11.8 Å². The SMILES string of the molecule is CCOC(=O)C#Cc1ccc(N2CCN(C(=O)OC(C)(C)C)CC2)cc1. The lowest BCUT2D eigenvalue weighted by Crippen LogP contribution is -2.50. The van der Waals surface area contributed by atoms with Crippen LogP contribution < -0.4 is 4.90 Å². The number of esters is 1. The average Bonchev–Trinajstić information content (AvgIpc) is 2.59. The van der Waals surface area contributed by atoms with Crippen molar-refractivity contribution >= 4 is 17.7 Å². The molecule has 0 aliphatic carbocycles. The van der Waals surface area contributed by atoms with E-state index in [2.05, 4.69) is 16.7 Å². The summed E-state index contributed by atoms with van der Waals surface area (Å²) in [7, 11) is 0. The van der Waals surface area contributed by atoms with Crippen LogP contribution in [0.4, 0.5) is 10.5 Å². The number of hydrogen-bond acceptors (Lipinski definition) is 5. The number of carbonyl (C=O) groups excluding carboxylic acids is 2. The maximum absolute atomic E-state index is 12.1. The lowest BCUT2D eigenvalue weighted by Gasteiger charge is -2.36. The lowest BCUT2D eigenvalue weighted by atomic mass is 10.2. The van der Waals surface area contributed by atoms with Crippen LogP contribution in [0.15, 0.2) is 24.3 Å². The summed E-state index contributed by atoms with van der Waals surface area (Å²) in [6.07, 6.45) is -0.262. The quantitative estimate of drug-likeness (QED) is 0.601. The largest absolute Gasteiger partial charge is 0.456 e. The van der Waals surface area contributed by atoms with Crippen molar-refractivity contribution in [3.05, 3.63) is 29.8 Å². The molecular weight excluding hydrogens is 332 g/mol. The van der Waals surface area contributed by atoms with Crippen molar-refractivity contribution < 1.29 is 19.1 Å². The number of piperazine rings is 1. The van der Waals surface area contributed by atoms with Gasteiger partial charge in [0.2, 0.25) is 0 Å². The Kier molecular flexibility index (Phi) is 6.51. The molecule has 6 nitrogen and oxygen atoms in total. The Labute approximate surface area is 155 Å². The van der Waals surface area contributed by atoms with Crippen LogP contribution >= 0.6 is 0 Å². The van der Waals surface area contributed by atoms with Crippen LogP contribution in [0.3, 0.4) is 0 Å². The molecule has 0 spiro atoms. The van der Waals surface area contributed by atoms with E-state index in [4.69, 9.17) is 9.47 Å². The molecule has 0 radical (unpaired) electrons. The Balaban J connectivity index is 1.89. The monoisotopic (exact) mass is 358 g/mol. The second-order valence-electron chi connectivity index (χ2n) is 6.97. The molecule has 0 saturated carbocycles. The summed E-state index contributed by atoms with van der Waals surface area (Å²) >= 11 is 0. The molecule has 1 amide bonds. The van der Waals surface area contributed by atoms with E-state index in [0.29, 0.717) is 19.7 Å². The van der Waals surface area contributed by atoms with Crippen LogP contribution in [0.25, 0.3) is 0 Å². The predicted molar refractivity (Wildman–Crippen MR) is 100.0 cm³/mol. The molecule has 0 bridgehead atoms. The molecular formula is C20H26N2O4. The van der Waals surface area contributed by atoms with Gasteiger partial charge in [0, 0.05) is 43.4 Å². The molecule has 0 aromatic heterocycles. The Morgan fingerprint density at radius 1 is 1.08 bits per heavy atom. The van der Waals surface area contributed by atoms with Crippen LogP contribution in [0.2, 0.25) is 0 Å². The molecule has 0 N–H and O–H groups in total. The average molecular weight is 358 g/mol. The minimum absolute atomic E-state index is 0.262. The molecule has 26 heavy (non-hydrogen) atoms. The zero-order valence-corrected chi connectivity index (χ0v) is 15.9. The fraction of sp³-hybridized carbons (Fsp3) is 0.500. The number of carbonyl (C=O) groups is 2. The molecule has 0 atom stereocenters. The molecule has 1 aliphatic rings. The highest BCUT2D eigenvalue weighted by atomic mass is 16.6. The second kappa shape index (κ2) is 8.61. The molecule has 6 heteroatoms. The highest BCUT2D eigenvalue weighted by molar-refractivity contribution is 5.89. The predicted octanol–water partition coefficient (Wildman–Crippen LogP) is 2.66. The smallest absolute Gasteiger partial charge is 0.410 e. The molecule has 0 unspecified atom stereocenters. The summed E-state index contributed by atoms with van der Waals surface area (Å²) in [5, 5.41) is 0. The van der Waals surface area contributed by atoms with Gasteiger partial charge in [-0.15, -0.1) is 0 Å². The third-order valence-electron chi connectivity index (χ3n) is 3.75. The third kappa shape index (κ3) is 5.99. The van der Waals surface area contributed by atoms with Gasteiger partial charge in [0.1, 0.15) is 5.60 Å². The fourth-order valence-corrected chi connectivity index (χ4v) is 2.52. The van der Waals surface area contributed by atoms with Crippen LogP contribution in [-0.2, 0) is 14.3 Å². The first-order valence-electron chi connectivity index (χ1n) is 8.80. The number of benzene rings is 1. The summed E-state index contributed by atoms with van der Waals surface area (Å²) in [5.41, 5.74) is 1.35. The Morgan fingerprint density at radius 2 is 1.69 bits per heavy atom. The van der Waals surface area contributed by atoms with E-state index in [9.17, 15) is 9.59 Å². The van der Waals surface area contributed by atoms with Crippen LogP contribution in [0.1, 0.15) is 33.3 Å². The number of nitrogens with zero attached hydrogens (tertiary/aromatic N) is 2. The van der Waals surface area contributed by atoms with Gasteiger partial charge in [0.15, 0.2) is 0 Å². The molecule has 1 fully saturated rings. The zero-order valence-electron chi connectivity index (χ0n) is 15.9. The normalized spacial score (nSPS) is 14.3. The van der Waals surface area contributed by atoms with Crippen LogP contribution in [0.5, 0.6) is 0 Å². The summed E-state index contributed by atoms with van der Waals surface area (Å²) in [5.74, 6) is 4.72. The zero-order chi connectivity index (χ0) is 19.2. The first kappa shape index (κ1) is 19.6. The molecule has 1 saturated heterocycles. The first-order valence-corrected chi connectivity index (χ1v) is 8.80. The number of amides is 1.